The molecule has 0 spiro atoms. The van der Waals surface area contributed by atoms with Crippen LogP contribution in [0, 0.1) is 10.5 Å². The van der Waals surface area contributed by atoms with Crippen molar-refractivity contribution >= 4 is 28.5 Å². The van der Waals surface area contributed by atoms with Gasteiger partial charge in [-0.3, -0.25) is 4.79 Å². The lowest BCUT2D eigenvalue weighted by molar-refractivity contribution is -0.00816. The van der Waals surface area contributed by atoms with E-state index in [1.165, 1.54) is 0 Å². The molecule has 0 aliphatic heterocycles. The molecule has 0 saturated heterocycles. The Hall–Kier alpha value is -0.620. The molecule has 4 heteroatoms. The van der Waals surface area contributed by atoms with E-state index in [9.17, 15) is 4.79 Å². The molecule has 0 aromatic heterocycles. The van der Waals surface area contributed by atoms with E-state index in [1.54, 1.807) is 0 Å². The van der Waals surface area contributed by atoms with Crippen molar-refractivity contribution in [3.63, 3.8) is 0 Å². The van der Waals surface area contributed by atoms with Gasteiger partial charge in [0.2, 0.25) is 0 Å². The number of hydrogen-bond donors (Lipinski definition) is 1. The van der Waals surface area contributed by atoms with Crippen molar-refractivity contribution in [2.45, 2.75) is 33.3 Å². The highest BCUT2D eigenvalue weighted by molar-refractivity contribution is 14.1. The van der Waals surface area contributed by atoms with Crippen molar-refractivity contribution in [1.29, 1.82) is 0 Å². The SMILES string of the molecule is CCOC(C)(C)CNC(=O)c1cccc(C)c1I. The fourth-order valence-electron chi connectivity index (χ4n) is 1.65. The number of hydrogen-bond acceptors (Lipinski definition) is 2. The van der Waals surface area contributed by atoms with Crippen LogP contribution < -0.4 is 5.32 Å². The summed E-state index contributed by atoms with van der Waals surface area (Å²) in [5, 5.41) is 2.92. The Balaban J connectivity index is 2.69. The first-order valence-electron chi connectivity index (χ1n) is 6.04. The Morgan fingerprint density at radius 2 is 2.11 bits per heavy atom. The molecule has 0 radical (unpaired) electrons. The lowest BCUT2D eigenvalue weighted by Crippen LogP contribution is -2.40. The second-order valence-electron chi connectivity index (χ2n) is 4.81. The van der Waals surface area contributed by atoms with E-state index in [0.717, 1.165) is 14.7 Å². The number of aryl methyl sites for hydroxylation is 1. The van der Waals surface area contributed by atoms with Gasteiger partial charge in [-0.1, -0.05) is 12.1 Å². The molecular weight excluding hydrogens is 341 g/mol. The zero-order valence-corrected chi connectivity index (χ0v) is 13.5. The first-order chi connectivity index (χ1) is 8.37. The minimum absolute atomic E-state index is 0.0455. The molecule has 100 valence electrons. The van der Waals surface area contributed by atoms with Crippen molar-refractivity contribution < 1.29 is 9.53 Å². The number of carbonyl (C=O) groups excluding carboxylic acids is 1. The maximum absolute atomic E-state index is 12.1. The number of halogens is 1. The van der Waals surface area contributed by atoms with Gasteiger partial charge >= 0.3 is 0 Å². The largest absolute Gasteiger partial charge is 0.374 e. The molecule has 18 heavy (non-hydrogen) atoms. The Labute approximate surface area is 122 Å². The number of carbonyl (C=O) groups is 1. The standard InChI is InChI=1S/C14H20INO2/c1-5-18-14(3,4)9-16-13(17)11-8-6-7-10(2)12(11)15/h6-8H,5,9H2,1-4H3,(H,16,17). The molecule has 0 aliphatic rings. The number of amides is 1. The number of benzene rings is 1. The topological polar surface area (TPSA) is 38.3 Å². The van der Waals surface area contributed by atoms with Gasteiger partial charge in [-0.25, -0.2) is 0 Å². The Kier molecular flexibility index (Phi) is 5.59. The van der Waals surface area contributed by atoms with Crippen LogP contribution in [-0.2, 0) is 4.74 Å². The van der Waals surface area contributed by atoms with Gasteiger partial charge in [0.05, 0.1) is 11.2 Å². The van der Waals surface area contributed by atoms with E-state index in [2.05, 4.69) is 27.9 Å². The molecule has 0 atom stereocenters. The third-order valence-corrected chi connectivity index (χ3v) is 4.08. The molecule has 1 N–H and O–H groups in total. The van der Waals surface area contributed by atoms with E-state index < -0.39 is 0 Å². The van der Waals surface area contributed by atoms with Gasteiger partial charge < -0.3 is 10.1 Å². The van der Waals surface area contributed by atoms with Crippen LogP contribution in [0.15, 0.2) is 18.2 Å². The number of nitrogens with one attached hydrogen (secondary N) is 1. The molecule has 0 fully saturated rings. The fourth-order valence-corrected chi connectivity index (χ4v) is 2.26. The smallest absolute Gasteiger partial charge is 0.252 e. The molecule has 0 aliphatic carbocycles. The zero-order valence-electron chi connectivity index (χ0n) is 11.3. The lowest BCUT2D eigenvalue weighted by Gasteiger charge is -2.25. The zero-order chi connectivity index (χ0) is 13.8. The lowest BCUT2D eigenvalue weighted by atomic mass is 10.1. The van der Waals surface area contributed by atoms with E-state index in [1.807, 2.05) is 45.9 Å². The van der Waals surface area contributed by atoms with E-state index in [4.69, 9.17) is 4.74 Å². The molecule has 0 saturated carbocycles. The number of rotatable bonds is 5. The summed E-state index contributed by atoms with van der Waals surface area (Å²) < 4.78 is 6.55. The van der Waals surface area contributed by atoms with Crippen molar-refractivity contribution in [2.75, 3.05) is 13.2 Å². The predicted molar refractivity (Wildman–Crippen MR) is 81.9 cm³/mol. The summed E-state index contributed by atoms with van der Waals surface area (Å²) in [4.78, 5) is 12.1. The molecular formula is C14H20INO2. The van der Waals surface area contributed by atoms with Crippen LogP contribution in [0.5, 0.6) is 0 Å². The Morgan fingerprint density at radius 3 is 2.72 bits per heavy atom. The van der Waals surface area contributed by atoms with Crippen molar-refractivity contribution in [2.24, 2.45) is 0 Å². The summed E-state index contributed by atoms with van der Waals surface area (Å²) in [6, 6.07) is 5.75. The predicted octanol–water partition coefficient (Wildman–Crippen LogP) is 3.14. The average molecular weight is 361 g/mol. The van der Waals surface area contributed by atoms with E-state index >= 15 is 0 Å². The van der Waals surface area contributed by atoms with Crippen molar-refractivity contribution in [1.82, 2.24) is 5.32 Å². The van der Waals surface area contributed by atoms with Gasteiger partial charge in [-0.05, 0) is 61.9 Å². The Bertz CT molecular complexity index is 430. The highest BCUT2D eigenvalue weighted by Gasteiger charge is 2.20. The van der Waals surface area contributed by atoms with Gasteiger partial charge in [-0.15, -0.1) is 0 Å². The van der Waals surface area contributed by atoms with Crippen molar-refractivity contribution in [3.05, 3.63) is 32.9 Å². The molecule has 1 aromatic carbocycles. The van der Waals surface area contributed by atoms with Gasteiger partial charge in [0.25, 0.3) is 5.91 Å². The number of ether oxygens (including phenoxy) is 1. The molecule has 1 amide bonds. The second-order valence-corrected chi connectivity index (χ2v) is 5.89. The van der Waals surface area contributed by atoms with Gasteiger partial charge in [0.15, 0.2) is 0 Å². The fraction of sp³-hybridized carbons (Fsp3) is 0.500. The van der Waals surface area contributed by atoms with E-state index in [0.29, 0.717) is 13.2 Å². The monoisotopic (exact) mass is 361 g/mol. The normalized spacial score (nSPS) is 11.4. The molecule has 1 aromatic rings. The van der Waals surface area contributed by atoms with Crippen LogP contribution in [0.2, 0.25) is 0 Å². The van der Waals surface area contributed by atoms with Gasteiger partial charge in [0, 0.05) is 16.7 Å². The van der Waals surface area contributed by atoms with Gasteiger partial charge in [0.1, 0.15) is 0 Å². The van der Waals surface area contributed by atoms with Crippen LogP contribution in [0.1, 0.15) is 36.7 Å². The summed E-state index contributed by atoms with van der Waals surface area (Å²) in [5.41, 5.74) is 1.51. The molecule has 0 unspecified atom stereocenters. The van der Waals surface area contributed by atoms with Crippen LogP contribution in [0.3, 0.4) is 0 Å². The van der Waals surface area contributed by atoms with Crippen LogP contribution in [0.4, 0.5) is 0 Å². The van der Waals surface area contributed by atoms with Crippen LogP contribution >= 0.6 is 22.6 Å². The van der Waals surface area contributed by atoms with Crippen LogP contribution in [0.25, 0.3) is 0 Å². The summed E-state index contributed by atoms with van der Waals surface area (Å²) in [5.74, 6) is -0.0455. The van der Waals surface area contributed by atoms with Gasteiger partial charge in [-0.2, -0.15) is 0 Å². The minimum Gasteiger partial charge on any atom is -0.374 e. The van der Waals surface area contributed by atoms with Crippen LogP contribution in [-0.4, -0.2) is 24.7 Å². The quantitative estimate of drug-likeness (QED) is 0.819. The maximum atomic E-state index is 12.1. The summed E-state index contributed by atoms with van der Waals surface area (Å²) in [7, 11) is 0. The molecule has 0 bridgehead atoms. The Morgan fingerprint density at radius 1 is 1.44 bits per heavy atom. The highest BCUT2D eigenvalue weighted by atomic mass is 127. The summed E-state index contributed by atoms with van der Waals surface area (Å²) in [6.07, 6.45) is 0. The third-order valence-electron chi connectivity index (χ3n) is 2.65. The summed E-state index contributed by atoms with van der Waals surface area (Å²) in [6.45, 7) is 9.04. The highest BCUT2D eigenvalue weighted by Crippen LogP contribution is 2.17. The average Bonchev–Trinajstić information content (AvgIpc) is 2.30. The maximum Gasteiger partial charge on any atom is 0.252 e. The first kappa shape index (κ1) is 15.4. The second kappa shape index (κ2) is 6.52. The molecule has 3 nitrogen and oxygen atoms in total. The van der Waals surface area contributed by atoms with E-state index in [-0.39, 0.29) is 11.5 Å². The molecule has 1 rings (SSSR count). The third kappa shape index (κ3) is 4.24. The van der Waals surface area contributed by atoms with Crippen molar-refractivity contribution in [3.8, 4) is 0 Å². The first-order valence-corrected chi connectivity index (χ1v) is 7.12. The minimum atomic E-state index is -0.334. The molecule has 0 heterocycles. The summed E-state index contributed by atoms with van der Waals surface area (Å²) >= 11 is 2.21.